The van der Waals surface area contributed by atoms with Gasteiger partial charge in [0.2, 0.25) is 11.7 Å². The Morgan fingerprint density at radius 3 is 3.00 bits per heavy atom. The number of hydrogen-bond acceptors (Lipinski definition) is 4. The van der Waals surface area contributed by atoms with Crippen LogP contribution in [0.2, 0.25) is 0 Å². The van der Waals surface area contributed by atoms with Gasteiger partial charge in [0.05, 0.1) is 0 Å². The fourth-order valence-electron chi connectivity index (χ4n) is 2.11. The molecule has 5 heteroatoms. The van der Waals surface area contributed by atoms with Crippen molar-refractivity contribution in [2.75, 3.05) is 6.54 Å². The van der Waals surface area contributed by atoms with E-state index in [1.165, 1.54) is 0 Å². The number of nitrogens with two attached hydrogens (primary N) is 1. The van der Waals surface area contributed by atoms with E-state index in [4.69, 9.17) is 10.3 Å². The number of aromatic nitrogens is 3. The number of aryl methyl sites for hydroxylation is 1. The summed E-state index contributed by atoms with van der Waals surface area (Å²) in [6.07, 6.45) is 2.62. The summed E-state index contributed by atoms with van der Waals surface area (Å²) in [5.74, 6) is 1.20. The summed E-state index contributed by atoms with van der Waals surface area (Å²) in [5.41, 5.74) is 7.61. The zero-order chi connectivity index (χ0) is 12.5. The molecule has 0 atom stereocenters. The minimum Gasteiger partial charge on any atom is -0.350 e. The first kappa shape index (κ1) is 11.0. The van der Waals surface area contributed by atoms with Gasteiger partial charge in [-0.2, -0.15) is 4.98 Å². The topological polar surface area (TPSA) is 69.9 Å². The van der Waals surface area contributed by atoms with Crippen molar-refractivity contribution in [3.63, 3.8) is 0 Å². The van der Waals surface area contributed by atoms with Gasteiger partial charge in [-0.05, 0) is 6.07 Å². The molecule has 2 N–H and O–H groups in total. The van der Waals surface area contributed by atoms with Gasteiger partial charge >= 0.3 is 0 Å². The van der Waals surface area contributed by atoms with Gasteiger partial charge in [0.25, 0.3) is 0 Å². The van der Waals surface area contributed by atoms with Gasteiger partial charge in [0, 0.05) is 42.7 Å². The number of fused-ring (bicyclic) bond motifs is 1. The van der Waals surface area contributed by atoms with Crippen molar-refractivity contribution in [3.8, 4) is 11.4 Å². The summed E-state index contributed by atoms with van der Waals surface area (Å²) < 4.78 is 7.23. The number of benzene rings is 1. The second kappa shape index (κ2) is 4.27. The summed E-state index contributed by atoms with van der Waals surface area (Å²) >= 11 is 0. The lowest BCUT2D eigenvalue weighted by Gasteiger charge is -1.93. The number of hydrogen-bond donors (Lipinski definition) is 1. The maximum Gasteiger partial charge on any atom is 0.228 e. The molecule has 0 spiro atoms. The van der Waals surface area contributed by atoms with Gasteiger partial charge in [0.1, 0.15) is 0 Å². The molecule has 0 aliphatic rings. The first-order valence-electron chi connectivity index (χ1n) is 5.86. The third-order valence-corrected chi connectivity index (χ3v) is 2.96. The van der Waals surface area contributed by atoms with Crippen molar-refractivity contribution in [3.05, 3.63) is 36.4 Å². The molecule has 0 aliphatic heterocycles. The van der Waals surface area contributed by atoms with E-state index in [1.54, 1.807) is 0 Å². The molecule has 2 aromatic heterocycles. The van der Waals surface area contributed by atoms with Crippen LogP contribution in [0.3, 0.4) is 0 Å². The van der Waals surface area contributed by atoms with Crippen LogP contribution in [0.15, 0.2) is 35.0 Å². The Hall–Kier alpha value is -2.14. The summed E-state index contributed by atoms with van der Waals surface area (Å²) in [6.45, 7) is 0.511. The van der Waals surface area contributed by atoms with E-state index < -0.39 is 0 Å². The highest BCUT2D eigenvalue weighted by atomic mass is 16.5. The quantitative estimate of drug-likeness (QED) is 0.759. The van der Waals surface area contributed by atoms with Gasteiger partial charge in [-0.25, -0.2) is 0 Å². The molecular weight excluding hydrogens is 228 g/mol. The Morgan fingerprint density at radius 2 is 2.17 bits per heavy atom. The lowest BCUT2D eigenvalue weighted by molar-refractivity contribution is 0.380. The first-order chi connectivity index (χ1) is 8.79. The van der Waals surface area contributed by atoms with E-state index in [0.717, 1.165) is 16.5 Å². The third kappa shape index (κ3) is 1.69. The Bertz CT molecular complexity index is 683. The maximum absolute atomic E-state index is 5.47. The van der Waals surface area contributed by atoms with E-state index in [9.17, 15) is 0 Å². The van der Waals surface area contributed by atoms with Crippen LogP contribution >= 0.6 is 0 Å². The molecule has 0 saturated carbocycles. The number of para-hydroxylation sites is 1. The largest absolute Gasteiger partial charge is 0.350 e. The molecule has 5 nitrogen and oxygen atoms in total. The molecule has 18 heavy (non-hydrogen) atoms. The molecule has 0 aliphatic carbocycles. The van der Waals surface area contributed by atoms with Gasteiger partial charge in [-0.15, -0.1) is 0 Å². The first-order valence-corrected chi connectivity index (χ1v) is 5.86. The molecule has 2 heterocycles. The van der Waals surface area contributed by atoms with E-state index in [-0.39, 0.29) is 0 Å². The minimum absolute atomic E-state index is 0.511. The van der Waals surface area contributed by atoms with Crippen LogP contribution in [-0.2, 0) is 13.5 Å². The monoisotopic (exact) mass is 242 g/mol. The predicted octanol–water partition coefficient (Wildman–Crippen LogP) is 1.73. The summed E-state index contributed by atoms with van der Waals surface area (Å²) in [5, 5.41) is 5.14. The Balaban J connectivity index is 2.13. The fourth-order valence-corrected chi connectivity index (χ4v) is 2.11. The Labute approximate surface area is 104 Å². The van der Waals surface area contributed by atoms with Crippen LogP contribution in [-0.4, -0.2) is 21.3 Å². The molecule has 0 saturated heterocycles. The van der Waals surface area contributed by atoms with Crippen molar-refractivity contribution in [2.45, 2.75) is 6.42 Å². The van der Waals surface area contributed by atoms with Crippen LogP contribution in [0.5, 0.6) is 0 Å². The van der Waals surface area contributed by atoms with Crippen molar-refractivity contribution in [1.82, 2.24) is 14.7 Å². The van der Waals surface area contributed by atoms with Crippen molar-refractivity contribution in [1.29, 1.82) is 0 Å². The average molecular weight is 242 g/mol. The SMILES string of the molecule is Cn1cc(-c2noc(CCN)n2)c2ccccc21. The predicted molar refractivity (Wildman–Crippen MR) is 69.0 cm³/mol. The maximum atomic E-state index is 5.47. The van der Waals surface area contributed by atoms with Crippen LogP contribution in [0.25, 0.3) is 22.3 Å². The molecule has 3 aromatic rings. The number of rotatable bonds is 3. The molecule has 0 bridgehead atoms. The summed E-state index contributed by atoms with van der Waals surface area (Å²) in [7, 11) is 2.01. The van der Waals surface area contributed by atoms with Gasteiger partial charge in [0.15, 0.2) is 0 Å². The zero-order valence-corrected chi connectivity index (χ0v) is 10.1. The average Bonchev–Trinajstić information content (AvgIpc) is 2.96. The highest BCUT2D eigenvalue weighted by Gasteiger charge is 2.13. The third-order valence-electron chi connectivity index (χ3n) is 2.96. The van der Waals surface area contributed by atoms with Crippen LogP contribution in [0, 0.1) is 0 Å². The van der Waals surface area contributed by atoms with Crippen molar-refractivity contribution >= 4 is 10.9 Å². The van der Waals surface area contributed by atoms with E-state index in [0.29, 0.717) is 24.7 Å². The van der Waals surface area contributed by atoms with Crippen LogP contribution in [0.1, 0.15) is 5.89 Å². The molecule has 3 rings (SSSR count). The van der Waals surface area contributed by atoms with Gasteiger partial charge in [-0.3, -0.25) is 0 Å². The highest BCUT2D eigenvalue weighted by Crippen LogP contribution is 2.27. The highest BCUT2D eigenvalue weighted by molar-refractivity contribution is 5.94. The van der Waals surface area contributed by atoms with E-state index >= 15 is 0 Å². The lowest BCUT2D eigenvalue weighted by Crippen LogP contribution is -2.02. The second-order valence-corrected chi connectivity index (χ2v) is 4.22. The second-order valence-electron chi connectivity index (χ2n) is 4.22. The van der Waals surface area contributed by atoms with E-state index in [2.05, 4.69) is 26.8 Å². The van der Waals surface area contributed by atoms with Gasteiger partial charge < -0.3 is 14.8 Å². The normalized spacial score (nSPS) is 11.2. The molecule has 1 aromatic carbocycles. The van der Waals surface area contributed by atoms with Crippen LogP contribution in [0.4, 0.5) is 0 Å². The summed E-state index contributed by atoms with van der Waals surface area (Å²) in [4.78, 5) is 4.36. The molecule has 0 amide bonds. The summed E-state index contributed by atoms with van der Waals surface area (Å²) in [6, 6.07) is 8.15. The van der Waals surface area contributed by atoms with Gasteiger partial charge in [-0.1, -0.05) is 23.4 Å². The molecule has 0 unspecified atom stereocenters. The van der Waals surface area contributed by atoms with E-state index in [1.807, 2.05) is 25.4 Å². The molecule has 0 radical (unpaired) electrons. The smallest absolute Gasteiger partial charge is 0.228 e. The van der Waals surface area contributed by atoms with Crippen molar-refractivity contribution in [2.24, 2.45) is 12.8 Å². The minimum atomic E-state index is 0.511. The zero-order valence-electron chi connectivity index (χ0n) is 10.1. The van der Waals surface area contributed by atoms with Crippen LogP contribution < -0.4 is 5.73 Å². The lowest BCUT2D eigenvalue weighted by atomic mass is 10.2. The molecule has 0 fully saturated rings. The fraction of sp³-hybridized carbons (Fsp3) is 0.231. The van der Waals surface area contributed by atoms with Crippen molar-refractivity contribution < 1.29 is 4.52 Å². The molecule has 92 valence electrons. The Kier molecular flexibility index (Phi) is 2.60. The standard InChI is InChI=1S/C13H14N4O/c1-17-8-10(9-4-2-3-5-11(9)17)13-15-12(6-7-14)18-16-13/h2-5,8H,6-7,14H2,1H3. The molecular formula is C13H14N4O. The Morgan fingerprint density at radius 1 is 1.33 bits per heavy atom. The number of nitrogens with zero attached hydrogens (tertiary/aromatic N) is 3.